The lowest BCUT2D eigenvalue weighted by atomic mass is 9.83. The van der Waals surface area contributed by atoms with E-state index in [1.807, 2.05) is 11.8 Å². The molecule has 0 radical (unpaired) electrons. The van der Waals surface area contributed by atoms with Crippen LogP contribution in [-0.4, -0.2) is 41.6 Å². The monoisotopic (exact) mass is 340 g/mol. The molecule has 3 nitrogen and oxygen atoms in total. The first-order chi connectivity index (χ1) is 10.2. The Bertz CT molecular complexity index is 493. The highest BCUT2D eigenvalue weighted by Crippen LogP contribution is 2.35. The van der Waals surface area contributed by atoms with Crippen LogP contribution >= 0.6 is 24.2 Å². The van der Waals surface area contributed by atoms with Crippen LogP contribution in [-0.2, 0) is 11.2 Å². The highest BCUT2D eigenvalue weighted by Gasteiger charge is 2.38. The third kappa shape index (κ3) is 4.18. The quantitative estimate of drug-likeness (QED) is 0.914. The van der Waals surface area contributed by atoms with Crippen molar-refractivity contribution in [2.75, 3.05) is 24.7 Å². The lowest BCUT2D eigenvalue weighted by Crippen LogP contribution is -2.44. The number of halogens is 1. The van der Waals surface area contributed by atoms with Crippen LogP contribution in [0.5, 0.6) is 0 Å². The maximum Gasteiger partial charge on any atom is 0.240 e. The zero-order chi connectivity index (χ0) is 14.7. The van der Waals surface area contributed by atoms with E-state index in [-0.39, 0.29) is 23.9 Å². The normalized spacial score (nSPS) is 27.7. The van der Waals surface area contributed by atoms with Crippen molar-refractivity contribution in [2.45, 2.75) is 32.2 Å². The standard InChI is InChI=1S/C17H24N2OS.ClH/c1-17(8-7-14-5-3-2-4-6-14)9-10-19(12-17)16(20)15-11-21-13-18-15;/h2-6,15,18H,7-13H2,1H3;1H. The third-order valence-corrected chi connectivity index (χ3v) is 5.68. The lowest BCUT2D eigenvalue weighted by Gasteiger charge is -2.26. The minimum absolute atomic E-state index is 0. The molecule has 122 valence electrons. The maximum absolute atomic E-state index is 12.5. The number of benzene rings is 1. The van der Waals surface area contributed by atoms with Crippen LogP contribution in [0.1, 0.15) is 25.3 Å². The smallest absolute Gasteiger partial charge is 0.240 e. The molecule has 2 saturated heterocycles. The predicted molar refractivity (Wildman–Crippen MR) is 95.6 cm³/mol. The summed E-state index contributed by atoms with van der Waals surface area (Å²) in [6.45, 7) is 4.18. The van der Waals surface area contributed by atoms with E-state index in [9.17, 15) is 4.79 Å². The van der Waals surface area contributed by atoms with Gasteiger partial charge in [0.1, 0.15) is 0 Å². The van der Waals surface area contributed by atoms with Crippen LogP contribution in [0, 0.1) is 5.41 Å². The summed E-state index contributed by atoms with van der Waals surface area (Å²) in [4.78, 5) is 14.5. The van der Waals surface area contributed by atoms with E-state index >= 15 is 0 Å². The average Bonchev–Trinajstić information content (AvgIpc) is 3.16. The van der Waals surface area contributed by atoms with Gasteiger partial charge in [0.25, 0.3) is 0 Å². The Kier molecular flexibility index (Phi) is 6.18. The number of likely N-dealkylation sites (tertiary alicyclic amines) is 1. The Morgan fingerprint density at radius 1 is 1.41 bits per heavy atom. The van der Waals surface area contributed by atoms with Crippen molar-refractivity contribution in [1.29, 1.82) is 0 Å². The number of carbonyl (C=O) groups is 1. The summed E-state index contributed by atoms with van der Waals surface area (Å²) in [5, 5.41) is 3.29. The predicted octanol–water partition coefficient (Wildman–Crippen LogP) is 2.94. The zero-order valence-electron chi connectivity index (χ0n) is 13.1. The number of nitrogens with one attached hydrogen (secondary N) is 1. The van der Waals surface area contributed by atoms with E-state index < -0.39 is 0 Å². The molecule has 22 heavy (non-hydrogen) atoms. The average molecular weight is 341 g/mol. The molecule has 1 amide bonds. The molecule has 0 aromatic heterocycles. The van der Waals surface area contributed by atoms with Crippen molar-refractivity contribution in [1.82, 2.24) is 10.2 Å². The summed E-state index contributed by atoms with van der Waals surface area (Å²) < 4.78 is 0. The van der Waals surface area contributed by atoms with Crippen LogP contribution in [0.4, 0.5) is 0 Å². The molecule has 2 aliphatic rings. The summed E-state index contributed by atoms with van der Waals surface area (Å²) in [6, 6.07) is 10.7. The molecule has 1 N–H and O–H groups in total. The lowest BCUT2D eigenvalue weighted by molar-refractivity contribution is -0.132. The van der Waals surface area contributed by atoms with E-state index in [2.05, 4.69) is 47.5 Å². The van der Waals surface area contributed by atoms with E-state index in [1.165, 1.54) is 5.56 Å². The molecule has 0 aliphatic carbocycles. The second-order valence-corrected chi connectivity index (χ2v) is 7.61. The highest BCUT2D eigenvalue weighted by molar-refractivity contribution is 7.99. The number of amides is 1. The Labute approximate surface area is 143 Å². The Morgan fingerprint density at radius 2 is 2.18 bits per heavy atom. The molecule has 2 unspecified atom stereocenters. The van der Waals surface area contributed by atoms with Gasteiger partial charge in [-0.05, 0) is 30.2 Å². The van der Waals surface area contributed by atoms with Gasteiger partial charge >= 0.3 is 0 Å². The Hall–Kier alpha value is -0.710. The number of aryl methyl sites for hydroxylation is 1. The van der Waals surface area contributed by atoms with Crippen molar-refractivity contribution in [3.05, 3.63) is 35.9 Å². The first-order valence-corrected chi connectivity index (χ1v) is 8.96. The molecule has 1 aromatic rings. The molecule has 3 rings (SSSR count). The van der Waals surface area contributed by atoms with Crippen LogP contribution in [0.15, 0.2) is 30.3 Å². The van der Waals surface area contributed by atoms with Gasteiger partial charge in [-0.1, -0.05) is 37.3 Å². The fraction of sp³-hybridized carbons (Fsp3) is 0.588. The minimum Gasteiger partial charge on any atom is -0.341 e. The van der Waals surface area contributed by atoms with Gasteiger partial charge in [-0.25, -0.2) is 0 Å². The largest absolute Gasteiger partial charge is 0.341 e. The number of hydrogen-bond acceptors (Lipinski definition) is 3. The molecule has 2 aliphatic heterocycles. The van der Waals surface area contributed by atoms with Crippen molar-refractivity contribution in [3.63, 3.8) is 0 Å². The van der Waals surface area contributed by atoms with Gasteiger partial charge in [0, 0.05) is 24.7 Å². The van der Waals surface area contributed by atoms with E-state index in [1.54, 1.807) is 0 Å². The van der Waals surface area contributed by atoms with Crippen molar-refractivity contribution in [3.8, 4) is 0 Å². The second kappa shape index (κ2) is 7.71. The molecule has 2 fully saturated rings. The second-order valence-electron chi connectivity index (χ2n) is 6.58. The number of hydrogen-bond donors (Lipinski definition) is 1. The number of thioether (sulfide) groups is 1. The number of carbonyl (C=O) groups excluding carboxylic acids is 1. The molecule has 0 spiro atoms. The van der Waals surface area contributed by atoms with Gasteiger partial charge < -0.3 is 4.90 Å². The molecule has 1 aromatic carbocycles. The van der Waals surface area contributed by atoms with Crippen molar-refractivity contribution in [2.24, 2.45) is 5.41 Å². The number of nitrogens with zero attached hydrogens (tertiary/aromatic N) is 1. The van der Waals surface area contributed by atoms with Crippen LogP contribution in [0.2, 0.25) is 0 Å². The molecule has 0 saturated carbocycles. The fourth-order valence-corrected chi connectivity index (χ4v) is 4.21. The highest BCUT2D eigenvalue weighted by atomic mass is 35.5. The molecule has 2 heterocycles. The SMILES string of the molecule is CC1(CCc2ccccc2)CCN(C(=O)C2CSCN2)C1.Cl. The fourth-order valence-electron chi connectivity index (χ4n) is 3.28. The first-order valence-electron chi connectivity index (χ1n) is 7.80. The zero-order valence-corrected chi connectivity index (χ0v) is 14.7. The molecule has 5 heteroatoms. The Morgan fingerprint density at radius 3 is 2.86 bits per heavy atom. The van der Waals surface area contributed by atoms with Gasteiger partial charge in [-0.3, -0.25) is 10.1 Å². The molecule has 2 atom stereocenters. The van der Waals surface area contributed by atoms with Crippen molar-refractivity contribution >= 4 is 30.1 Å². The van der Waals surface area contributed by atoms with E-state index in [4.69, 9.17) is 0 Å². The van der Waals surface area contributed by atoms with Gasteiger partial charge in [-0.2, -0.15) is 0 Å². The summed E-state index contributed by atoms with van der Waals surface area (Å²) in [5.41, 5.74) is 1.68. The van der Waals surface area contributed by atoms with Gasteiger partial charge in [0.15, 0.2) is 0 Å². The summed E-state index contributed by atoms with van der Waals surface area (Å²) in [5.74, 6) is 2.15. The summed E-state index contributed by atoms with van der Waals surface area (Å²) in [6.07, 6.45) is 3.40. The van der Waals surface area contributed by atoms with Crippen LogP contribution < -0.4 is 5.32 Å². The summed E-state index contributed by atoms with van der Waals surface area (Å²) >= 11 is 1.82. The summed E-state index contributed by atoms with van der Waals surface area (Å²) in [7, 11) is 0. The topological polar surface area (TPSA) is 32.3 Å². The first kappa shape index (κ1) is 17.6. The Balaban J connectivity index is 0.00000176. The van der Waals surface area contributed by atoms with Crippen molar-refractivity contribution < 1.29 is 4.79 Å². The van der Waals surface area contributed by atoms with Gasteiger partial charge in [0.2, 0.25) is 5.91 Å². The molecule has 0 bridgehead atoms. The maximum atomic E-state index is 12.5. The minimum atomic E-state index is 0. The van der Waals surface area contributed by atoms with Gasteiger partial charge in [0.05, 0.1) is 6.04 Å². The van der Waals surface area contributed by atoms with Crippen LogP contribution in [0.25, 0.3) is 0 Å². The number of rotatable bonds is 4. The third-order valence-electron chi connectivity index (χ3n) is 4.74. The van der Waals surface area contributed by atoms with Gasteiger partial charge in [-0.15, -0.1) is 24.2 Å². The van der Waals surface area contributed by atoms with Crippen LogP contribution in [0.3, 0.4) is 0 Å². The van der Waals surface area contributed by atoms with E-state index in [0.29, 0.717) is 5.91 Å². The molecular formula is C17H25ClN2OS. The molecular weight excluding hydrogens is 316 g/mol. The van der Waals surface area contributed by atoms with E-state index in [0.717, 1.165) is 44.0 Å².